The van der Waals surface area contributed by atoms with Gasteiger partial charge in [0.05, 0.1) is 10.6 Å². The standard InChI is InChI=1S/C26H28BrN3O5S2/c1-19-3-2-4-24(17-19)29-37(34,35)25-11-9-23(10-12-25)28-26(31)21-13-15-30(16-14-21)36(32,33)18-20-5-7-22(27)8-6-20/h2-12,17,21,29H,13-16,18H2,1H3,(H,28,31). The Kier molecular flexibility index (Phi) is 8.37. The maximum absolute atomic E-state index is 12.8. The number of benzene rings is 3. The molecule has 0 unspecified atom stereocenters. The van der Waals surface area contributed by atoms with Crippen molar-refractivity contribution in [3.05, 3.63) is 88.4 Å². The summed E-state index contributed by atoms with van der Waals surface area (Å²) < 4.78 is 55.9. The second-order valence-electron chi connectivity index (χ2n) is 9.04. The Morgan fingerprint density at radius 2 is 1.57 bits per heavy atom. The Hall–Kier alpha value is -2.73. The van der Waals surface area contributed by atoms with Crippen molar-refractivity contribution in [3.8, 4) is 0 Å². The number of hydrogen-bond acceptors (Lipinski definition) is 5. The molecule has 1 aliphatic heterocycles. The molecular weight excluding hydrogens is 578 g/mol. The van der Waals surface area contributed by atoms with Gasteiger partial charge in [-0.25, -0.2) is 21.1 Å². The van der Waals surface area contributed by atoms with Gasteiger partial charge in [0.2, 0.25) is 15.9 Å². The van der Waals surface area contributed by atoms with Gasteiger partial charge in [-0.2, -0.15) is 0 Å². The van der Waals surface area contributed by atoms with E-state index in [0.29, 0.717) is 29.8 Å². The summed E-state index contributed by atoms with van der Waals surface area (Å²) in [6.07, 6.45) is 0.830. The van der Waals surface area contributed by atoms with Gasteiger partial charge in [0.1, 0.15) is 0 Å². The van der Waals surface area contributed by atoms with Crippen molar-refractivity contribution in [3.63, 3.8) is 0 Å². The van der Waals surface area contributed by atoms with E-state index < -0.39 is 20.0 Å². The Morgan fingerprint density at radius 1 is 0.919 bits per heavy atom. The highest BCUT2D eigenvalue weighted by molar-refractivity contribution is 9.10. The van der Waals surface area contributed by atoms with E-state index in [4.69, 9.17) is 0 Å². The number of piperidine rings is 1. The molecule has 1 fully saturated rings. The molecule has 196 valence electrons. The Balaban J connectivity index is 1.31. The quantitative estimate of drug-likeness (QED) is 0.385. The first-order valence-electron chi connectivity index (χ1n) is 11.7. The van der Waals surface area contributed by atoms with Crippen LogP contribution >= 0.6 is 15.9 Å². The lowest BCUT2D eigenvalue weighted by molar-refractivity contribution is -0.120. The van der Waals surface area contributed by atoms with Gasteiger partial charge < -0.3 is 5.32 Å². The molecule has 1 amide bonds. The van der Waals surface area contributed by atoms with Crippen molar-refractivity contribution in [1.82, 2.24) is 4.31 Å². The fourth-order valence-corrected chi connectivity index (χ4v) is 7.04. The molecule has 0 atom stereocenters. The summed E-state index contributed by atoms with van der Waals surface area (Å²) >= 11 is 3.34. The number of carbonyl (C=O) groups excluding carboxylic acids is 1. The number of nitrogens with zero attached hydrogens (tertiary/aromatic N) is 1. The predicted molar refractivity (Wildman–Crippen MR) is 148 cm³/mol. The zero-order valence-electron chi connectivity index (χ0n) is 20.2. The van der Waals surface area contributed by atoms with Crippen LogP contribution in [-0.4, -0.2) is 40.1 Å². The van der Waals surface area contributed by atoms with E-state index in [1.165, 1.54) is 16.4 Å². The topological polar surface area (TPSA) is 113 Å². The highest BCUT2D eigenvalue weighted by atomic mass is 79.9. The summed E-state index contributed by atoms with van der Waals surface area (Å²) in [5.74, 6) is -0.616. The minimum atomic E-state index is -3.77. The number of halogens is 1. The predicted octanol–water partition coefficient (Wildman–Crippen LogP) is 4.74. The fourth-order valence-electron chi connectivity index (χ4n) is 4.16. The number of aryl methyl sites for hydroxylation is 1. The molecule has 4 rings (SSSR count). The maximum atomic E-state index is 12.8. The van der Waals surface area contributed by atoms with E-state index in [1.807, 2.05) is 25.1 Å². The van der Waals surface area contributed by atoms with Crippen LogP contribution in [0.3, 0.4) is 0 Å². The minimum Gasteiger partial charge on any atom is -0.326 e. The number of nitrogens with one attached hydrogen (secondary N) is 2. The van der Waals surface area contributed by atoms with Crippen molar-refractivity contribution < 1.29 is 21.6 Å². The van der Waals surface area contributed by atoms with Crippen LogP contribution in [-0.2, 0) is 30.6 Å². The van der Waals surface area contributed by atoms with Crippen molar-refractivity contribution in [2.24, 2.45) is 5.92 Å². The van der Waals surface area contributed by atoms with Gasteiger partial charge in [0.25, 0.3) is 10.0 Å². The van der Waals surface area contributed by atoms with E-state index in [-0.39, 0.29) is 35.6 Å². The third-order valence-corrected chi connectivity index (χ3v) is 9.96. The van der Waals surface area contributed by atoms with Gasteiger partial charge >= 0.3 is 0 Å². The molecule has 3 aromatic carbocycles. The molecule has 11 heteroatoms. The number of carbonyl (C=O) groups is 1. The first-order chi connectivity index (χ1) is 17.5. The van der Waals surface area contributed by atoms with Crippen LogP contribution in [0.2, 0.25) is 0 Å². The number of hydrogen-bond donors (Lipinski definition) is 2. The molecule has 0 saturated carbocycles. The van der Waals surface area contributed by atoms with Crippen LogP contribution in [0.4, 0.5) is 11.4 Å². The highest BCUT2D eigenvalue weighted by Gasteiger charge is 2.31. The summed E-state index contributed by atoms with van der Waals surface area (Å²) in [5.41, 5.74) is 2.60. The second-order valence-corrected chi connectivity index (χ2v) is 13.6. The maximum Gasteiger partial charge on any atom is 0.261 e. The van der Waals surface area contributed by atoms with Crippen LogP contribution in [0.15, 0.2) is 82.2 Å². The Morgan fingerprint density at radius 3 is 2.19 bits per heavy atom. The lowest BCUT2D eigenvalue weighted by atomic mass is 9.97. The van der Waals surface area contributed by atoms with Gasteiger partial charge in [-0.3, -0.25) is 9.52 Å². The Bertz CT molecular complexity index is 1470. The number of anilines is 2. The van der Waals surface area contributed by atoms with Gasteiger partial charge in [-0.1, -0.05) is 40.2 Å². The molecule has 0 spiro atoms. The molecule has 37 heavy (non-hydrogen) atoms. The normalized spacial score (nSPS) is 15.3. The largest absolute Gasteiger partial charge is 0.326 e. The fraction of sp³-hybridized carbons (Fsp3) is 0.269. The molecule has 0 aliphatic carbocycles. The number of rotatable bonds is 8. The van der Waals surface area contributed by atoms with E-state index in [1.54, 1.807) is 42.5 Å². The van der Waals surface area contributed by atoms with Crippen molar-refractivity contribution in [2.75, 3.05) is 23.1 Å². The zero-order chi connectivity index (χ0) is 26.6. The molecule has 1 heterocycles. The van der Waals surface area contributed by atoms with Crippen molar-refractivity contribution in [1.29, 1.82) is 0 Å². The van der Waals surface area contributed by atoms with Gasteiger partial charge in [0.15, 0.2) is 0 Å². The van der Waals surface area contributed by atoms with Crippen LogP contribution in [0, 0.1) is 12.8 Å². The second kappa shape index (κ2) is 11.3. The summed E-state index contributed by atoms with van der Waals surface area (Å²) in [4.78, 5) is 12.9. The van der Waals surface area contributed by atoms with E-state index in [9.17, 15) is 21.6 Å². The molecule has 1 saturated heterocycles. The first kappa shape index (κ1) is 27.3. The SMILES string of the molecule is Cc1cccc(NS(=O)(=O)c2ccc(NC(=O)C3CCN(S(=O)(=O)Cc4ccc(Br)cc4)CC3)cc2)c1. The first-order valence-corrected chi connectivity index (χ1v) is 15.6. The smallest absolute Gasteiger partial charge is 0.261 e. The molecule has 2 N–H and O–H groups in total. The summed E-state index contributed by atoms with van der Waals surface area (Å²) in [7, 11) is -7.25. The van der Waals surface area contributed by atoms with Crippen LogP contribution < -0.4 is 10.0 Å². The number of amides is 1. The summed E-state index contributed by atoms with van der Waals surface area (Å²) in [5, 5.41) is 2.82. The van der Waals surface area contributed by atoms with Crippen molar-refractivity contribution in [2.45, 2.75) is 30.4 Å². The van der Waals surface area contributed by atoms with E-state index >= 15 is 0 Å². The number of sulfonamides is 2. The van der Waals surface area contributed by atoms with Gasteiger partial charge in [-0.15, -0.1) is 0 Å². The summed E-state index contributed by atoms with van der Waals surface area (Å²) in [6, 6.07) is 20.2. The molecule has 8 nitrogen and oxygen atoms in total. The molecule has 0 aromatic heterocycles. The third kappa shape index (κ3) is 7.19. The highest BCUT2D eigenvalue weighted by Crippen LogP contribution is 2.24. The van der Waals surface area contributed by atoms with Crippen LogP contribution in [0.5, 0.6) is 0 Å². The average Bonchev–Trinajstić information content (AvgIpc) is 2.85. The monoisotopic (exact) mass is 605 g/mol. The van der Waals surface area contributed by atoms with Crippen molar-refractivity contribution >= 4 is 53.3 Å². The van der Waals surface area contributed by atoms with Crippen LogP contribution in [0.25, 0.3) is 0 Å². The third-order valence-electron chi connectivity index (χ3n) is 6.18. The minimum absolute atomic E-state index is 0.0782. The van der Waals surface area contributed by atoms with E-state index in [2.05, 4.69) is 26.0 Å². The zero-order valence-corrected chi connectivity index (χ0v) is 23.4. The van der Waals surface area contributed by atoms with Crippen LogP contribution in [0.1, 0.15) is 24.0 Å². The Labute approximate surface area is 226 Å². The van der Waals surface area contributed by atoms with Gasteiger partial charge in [0, 0.05) is 34.9 Å². The van der Waals surface area contributed by atoms with Gasteiger partial charge in [-0.05, 0) is 79.4 Å². The molecule has 1 aliphatic rings. The molecular formula is C26H28BrN3O5S2. The lowest BCUT2D eigenvalue weighted by Crippen LogP contribution is -2.41. The summed E-state index contributed by atoms with van der Waals surface area (Å²) in [6.45, 7) is 2.43. The van der Waals surface area contributed by atoms with E-state index in [0.717, 1.165) is 10.0 Å². The lowest BCUT2D eigenvalue weighted by Gasteiger charge is -2.30. The average molecular weight is 607 g/mol. The molecule has 0 radical (unpaired) electrons. The molecule has 3 aromatic rings. The molecule has 0 bridgehead atoms.